The Balaban J connectivity index is 1.85. The van der Waals surface area contributed by atoms with Crippen molar-refractivity contribution in [1.29, 1.82) is 0 Å². The van der Waals surface area contributed by atoms with E-state index in [4.69, 9.17) is 4.74 Å². The highest BCUT2D eigenvalue weighted by atomic mass is 16.5. The van der Waals surface area contributed by atoms with Gasteiger partial charge in [-0.15, -0.1) is 0 Å². The molecule has 0 heterocycles. The molecule has 0 aliphatic heterocycles. The predicted molar refractivity (Wildman–Crippen MR) is 124 cm³/mol. The normalized spacial score (nSPS) is 14.0. The van der Waals surface area contributed by atoms with Gasteiger partial charge in [0.15, 0.2) is 11.5 Å². The molecule has 0 bridgehead atoms. The van der Waals surface area contributed by atoms with E-state index in [1.54, 1.807) is 31.2 Å². The highest BCUT2D eigenvalue weighted by Gasteiger charge is 2.33. The predicted octanol–water partition coefficient (Wildman–Crippen LogP) is 6.69. The van der Waals surface area contributed by atoms with E-state index in [0.717, 1.165) is 22.3 Å². The van der Waals surface area contributed by atoms with Gasteiger partial charge in [0.1, 0.15) is 5.75 Å². The first-order chi connectivity index (χ1) is 14.7. The van der Waals surface area contributed by atoms with E-state index in [1.807, 2.05) is 25.1 Å². The van der Waals surface area contributed by atoms with Gasteiger partial charge in [0.2, 0.25) is 5.78 Å². The van der Waals surface area contributed by atoms with Gasteiger partial charge >= 0.3 is 0 Å². The summed E-state index contributed by atoms with van der Waals surface area (Å²) in [6, 6.07) is 21.3. The van der Waals surface area contributed by atoms with Gasteiger partial charge in [-0.3, -0.25) is 9.59 Å². The number of ketones is 2. The van der Waals surface area contributed by atoms with Crippen LogP contribution in [0.2, 0.25) is 0 Å². The van der Waals surface area contributed by atoms with Gasteiger partial charge in [-0.1, -0.05) is 75.4 Å². The number of Topliss-reactive ketones (excluding diaryl/α,β-unsaturated/α-hetero) is 2. The zero-order chi connectivity index (χ0) is 22.3. The lowest BCUT2D eigenvalue weighted by atomic mass is 9.83. The molecule has 0 fully saturated rings. The number of ether oxygens (including phenoxy) is 1. The molecule has 31 heavy (non-hydrogen) atoms. The lowest BCUT2D eigenvalue weighted by molar-refractivity contribution is 0.0936. The largest absolute Gasteiger partial charge is 0.452 e. The number of benzene rings is 3. The fraction of sp³-hybridized carbons (Fsp3) is 0.214. The van der Waals surface area contributed by atoms with E-state index in [0.29, 0.717) is 22.4 Å². The van der Waals surface area contributed by atoms with Crippen LogP contribution in [0.5, 0.6) is 5.75 Å². The number of aryl methyl sites for hydroxylation is 1. The molecule has 0 saturated heterocycles. The van der Waals surface area contributed by atoms with E-state index >= 15 is 0 Å². The highest BCUT2D eigenvalue weighted by molar-refractivity contribution is 6.26. The number of carbonyl (C=O) groups is 2. The van der Waals surface area contributed by atoms with Gasteiger partial charge in [0.05, 0.1) is 0 Å². The topological polar surface area (TPSA) is 43.4 Å². The van der Waals surface area contributed by atoms with Crippen molar-refractivity contribution in [1.82, 2.24) is 0 Å². The molecule has 3 aromatic rings. The molecule has 3 aromatic carbocycles. The summed E-state index contributed by atoms with van der Waals surface area (Å²) in [5, 5.41) is 0. The lowest BCUT2D eigenvalue weighted by Gasteiger charge is -2.27. The summed E-state index contributed by atoms with van der Waals surface area (Å²) >= 11 is 0. The quantitative estimate of drug-likeness (QED) is 0.483. The van der Waals surface area contributed by atoms with Crippen LogP contribution in [0.3, 0.4) is 0 Å². The molecule has 3 heteroatoms. The van der Waals surface area contributed by atoms with Crippen molar-refractivity contribution in [2.45, 2.75) is 40.0 Å². The maximum absolute atomic E-state index is 13.2. The van der Waals surface area contributed by atoms with Crippen LogP contribution >= 0.6 is 0 Å². The summed E-state index contributed by atoms with van der Waals surface area (Å²) in [6.45, 7) is 10.0. The van der Waals surface area contributed by atoms with E-state index in [1.165, 1.54) is 0 Å². The third-order valence-electron chi connectivity index (χ3n) is 5.70. The molecular formula is C28H26O3. The van der Waals surface area contributed by atoms with E-state index in [2.05, 4.69) is 45.0 Å². The first-order valence-corrected chi connectivity index (χ1v) is 10.5. The number of allylic oxidation sites excluding steroid dienone is 2. The van der Waals surface area contributed by atoms with E-state index in [-0.39, 0.29) is 22.7 Å². The summed E-state index contributed by atoms with van der Waals surface area (Å²) in [4.78, 5) is 26.1. The molecule has 1 aliphatic rings. The Labute approximate surface area is 183 Å². The van der Waals surface area contributed by atoms with Crippen LogP contribution in [-0.2, 0) is 5.41 Å². The summed E-state index contributed by atoms with van der Waals surface area (Å²) in [5.74, 6) is 0.340. The standard InChI is InChI=1S/C28H26O3/c1-17-15-20(19-11-7-6-8-12-19)16-23(28(3,4)5)26(17)31-27-18(2)24(29)21-13-9-10-14-22(21)25(27)30/h6-16H,1-5H3. The minimum Gasteiger partial charge on any atom is -0.452 e. The summed E-state index contributed by atoms with van der Waals surface area (Å²) in [5.41, 5.74) is 5.08. The van der Waals surface area contributed by atoms with Crippen LogP contribution in [0, 0.1) is 6.92 Å². The van der Waals surface area contributed by atoms with Crippen molar-refractivity contribution in [2.75, 3.05) is 0 Å². The minimum absolute atomic E-state index is 0.116. The molecule has 0 aromatic heterocycles. The zero-order valence-corrected chi connectivity index (χ0v) is 18.6. The maximum atomic E-state index is 13.2. The number of hydrogen-bond acceptors (Lipinski definition) is 3. The first-order valence-electron chi connectivity index (χ1n) is 10.5. The van der Waals surface area contributed by atoms with Gasteiger partial charge < -0.3 is 4.74 Å². The Morgan fingerprint density at radius 1 is 0.710 bits per heavy atom. The molecular weight excluding hydrogens is 384 g/mol. The van der Waals surface area contributed by atoms with Crippen molar-refractivity contribution < 1.29 is 14.3 Å². The second-order valence-corrected chi connectivity index (χ2v) is 9.05. The second kappa shape index (κ2) is 7.66. The van der Waals surface area contributed by atoms with Crippen molar-refractivity contribution in [3.8, 4) is 16.9 Å². The molecule has 0 saturated carbocycles. The second-order valence-electron chi connectivity index (χ2n) is 9.05. The van der Waals surface area contributed by atoms with Crippen LogP contribution < -0.4 is 4.74 Å². The number of rotatable bonds is 3. The Hall–Kier alpha value is -3.46. The van der Waals surface area contributed by atoms with Crippen LogP contribution in [0.1, 0.15) is 59.5 Å². The SMILES string of the molecule is CC1=C(Oc2c(C)cc(-c3ccccc3)cc2C(C)(C)C)C(=O)c2ccccc2C1=O. The lowest BCUT2D eigenvalue weighted by Crippen LogP contribution is -2.25. The molecule has 0 atom stereocenters. The Kier molecular flexibility index (Phi) is 5.14. The van der Waals surface area contributed by atoms with Crippen LogP contribution in [0.15, 0.2) is 78.1 Å². The van der Waals surface area contributed by atoms with Gasteiger partial charge in [0, 0.05) is 22.3 Å². The van der Waals surface area contributed by atoms with Crippen molar-refractivity contribution in [2.24, 2.45) is 0 Å². The number of carbonyl (C=O) groups excluding carboxylic acids is 2. The Morgan fingerprint density at radius 3 is 1.90 bits per heavy atom. The average molecular weight is 411 g/mol. The minimum atomic E-state index is -0.251. The molecule has 1 aliphatic carbocycles. The zero-order valence-electron chi connectivity index (χ0n) is 18.6. The molecule has 0 spiro atoms. The fourth-order valence-corrected chi connectivity index (χ4v) is 3.97. The fourth-order valence-electron chi connectivity index (χ4n) is 3.97. The van der Waals surface area contributed by atoms with Crippen LogP contribution in [-0.4, -0.2) is 11.6 Å². The smallest absolute Gasteiger partial charge is 0.229 e. The third kappa shape index (κ3) is 3.72. The average Bonchev–Trinajstić information content (AvgIpc) is 2.75. The summed E-state index contributed by atoms with van der Waals surface area (Å²) in [6.07, 6.45) is 0. The maximum Gasteiger partial charge on any atom is 0.229 e. The Bertz CT molecular complexity index is 1220. The molecule has 3 nitrogen and oxygen atoms in total. The van der Waals surface area contributed by atoms with Crippen molar-refractivity contribution in [3.05, 3.63) is 100 Å². The summed E-state index contributed by atoms with van der Waals surface area (Å²) < 4.78 is 6.30. The number of hydrogen-bond donors (Lipinski definition) is 0. The Morgan fingerprint density at radius 2 is 1.29 bits per heavy atom. The molecule has 4 rings (SSSR count). The molecule has 156 valence electrons. The highest BCUT2D eigenvalue weighted by Crippen LogP contribution is 2.40. The first kappa shape index (κ1) is 20.8. The van der Waals surface area contributed by atoms with Crippen molar-refractivity contribution >= 4 is 11.6 Å². The molecule has 0 unspecified atom stereocenters. The van der Waals surface area contributed by atoms with Gasteiger partial charge in [-0.05, 0) is 48.1 Å². The van der Waals surface area contributed by atoms with Gasteiger partial charge in [-0.2, -0.15) is 0 Å². The summed E-state index contributed by atoms with van der Waals surface area (Å²) in [7, 11) is 0. The van der Waals surface area contributed by atoms with Gasteiger partial charge in [0.25, 0.3) is 0 Å². The van der Waals surface area contributed by atoms with E-state index in [9.17, 15) is 9.59 Å². The van der Waals surface area contributed by atoms with Gasteiger partial charge in [-0.25, -0.2) is 0 Å². The third-order valence-corrected chi connectivity index (χ3v) is 5.70. The van der Waals surface area contributed by atoms with E-state index < -0.39 is 0 Å². The molecule has 0 amide bonds. The molecule has 0 radical (unpaired) electrons. The van der Waals surface area contributed by atoms with Crippen molar-refractivity contribution in [3.63, 3.8) is 0 Å². The van der Waals surface area contributed by atoms with Crippen LogP contribution in [0.4, 0.5) is 0 Å². The monoisotopic (exact) mass is 410 g/mol. The molecule has 0 N–H and O–H groups in total. The van der Waals surface area contributed by atoms with Crippen LogP contribution in [0.25, 0.3) is 11.1 Å². The number of fused-ring (bicyclic) bond motifs is 1.